The molecule has 0 radical (unpaired) electrons. The number of ketones is 2. The largest absolute Gasteiger partial charge is 0.451 e. The van der Waals surface area contributed by atoms with Crippen LogP contribution >= 0.6 is 0 Å². The van der Waals surface area contributed by atoms with Crippen LogP contribution in [-0.2, 0) is 70.3 Å². The van der Waals surface area contributed by atoms with Crippen molar-refractivity contribution in [2.45, 2.75) is 95.8 Å². The Kier molecular flexibility index (Phi) is 17.1. The van der Waals surface area contributed by atoms with Crippen LogP contribution in [0.25, 0.3) is 0 Å². The Hall–Kier alpha value is -4.35. The van der Waals surface area contributed by atoms with Gasteiger partial charge in [-0.1, -0.05) is 74.5 Å². The van der Waals surface area contributed by atoms with Crippen molar-refractivity contribution >= 4 is 29.5 Å². The molecule has 8 unspecified atom stereocenters. The summed E-state index contributed by atoms with van der Waals surface area (Å²) in [4.78, 5) is 64.8. The third-order valence-corrected chi connectivity index (χ3v) is 9.14. The summed E-state index contributed by atoms with van der Waals surface area (Å²) in [6.07, 6.45) is -6.29. The predicted octanol–water partition coefficient (Wildman–Crippen LogP) is 3.33. The average Bonchev–Trinajstić information content (AvgIpc) is 3.58. The minimum atomic E-state index is -1.77. The summed E-state index contributed by atoms with van der Waals surface area (Å²) in [5, 5.41) is 10.3. The van der Waals surface area contributed by atoms with E-state index in [2.05, 4.69) is 0 Å². The first kappa shape index (κ1) is 43.4. The lowest BCUT2D eigenvalue weighted by atomic mass is 9.98. The van der Waals surface area contributed by atoms with Gasteiger partial charge in [0.15, 0.2) is 30.1 Å². The molecule has 300 valence electrons. The highest BCUT2D eigenvalue weighted by atomic mass is 16.7. The molecule has 15 nitrogen and oxygen atoms in total. The van der Waals surface area contributed by atoms with Gasteiger partial charge in [-0.3, -0.25) is 19.2 Å². The molecule has 8 atom stereocenters. The quantitative estimate of drug-likeness (QED) is 0.111. The monoisotopic (exact) mass is 769 g/mol. The van der Waals surface area contributed by atoms with Crippen molar-refractivity contribution in [3.63, 3.8) is 0 Å². The second-order valence-electron chi connectivity index (χ2n) is 13.4. The molecular formula is C40H51NO14. The molecule has 2 aliphatic rings. The van der Waals surface area contributed by atoms with Gasteiger partial charge in [-0.25, -0.2) is 9.69 Å². The van der Waals surface area contributed by atoms with Gasteiger partial charge in [0.2, 0.25) is 0 Å². The molecule has 0 saturated carbocycles. The van der Waals surface area contributed by atoms with Crippen molar-refractivity contribution in [3.05, 3.63) is 83.9 Å². The molecule has 2 heterocycles. The Morgan fingerprint density at radius 3 is 2.04 bits per heavy atom. The predicted molar refractivity (Wildman–Crippen MR) is 194 cm³/mol. The van der Waals surface area contributed by atoms with Crippen molar-refractivity contribution in [1.82, 2.24) is 4.90 Å². The molecule has 0 bridgehead atoms. The number of hydrogen-bond donors (Lipinski definition) is 1. The molecule has 2 aliphatic heterocycles. The van der Waals surface area contributed by atoms with Crippen molar-refractivity contribution in [2.24, 2.45) is 5.92 Å². The number of esters is 1. The smallest absolute Gasteiger partial charge is 0.417 e. The lowest BCUT2D eigenvalue weighted by Crippen LogP contribution is -2.61. The number of allylic oxidation sites excluding steroid dienone is 1. The first-order valence-electron chi connectivity index (χ1n) is 18.1. The van der Waals surface area contributed by atoms with Gasteiger partial charge in [0, 0.05) is 34.2 Å². The van der Waals surface area contributed by atoms with Gasteiger partial charge in [-0.15, -0.1) is 0 Å². The molecule has 0 spiro atoms. The number of hydrogen-bond acceptors (Lipinski definition) is 14. The lowest BCUT2D eigenvalue weighted by Gasteiger charge is -2.45. The number of amides is 2. The van der Waals surface area contributed by atoms with E-state index in [1.807, 2.05) is 60.7 Å². The number of imide groups is 1. The van der Waals surface area contributed by atoms with Crippen LogP contribution in [-0.4, -0.2) is 123 Å². The fourth-order valence-corrected chi connectivity index (χ4v) is 6.25. The van der Waals surface area contributed by atoms with E-state index in [0.29, 0.717) is 0 Å². The molecule has 2 amide bonds. The third-order valence-electron chi connectivity index (χ3n) is 9.14. The van der Waals surface area contributed by atoms with E-state index in [1.165, 1.54) is 7.11 Å². The van der Waals surface area contributed by atoms with Gasteiger partial charge in [-0.05, 0) is 35.6 Å². The Morgan fingerprint density at radius 2 is 1.49 bits per heavy atom. The summed E-state index contributed by atoms with van der Waals surface area (Å²) < 4.78 is 46.1. The maximum Gasteiger partial charge on any atom is 0.417 e. The minimum Gasteiger partial charge on any atom is -0.451 e. The van der Waals surface area contributed by atoms with Gasteiger partial charge in [-0.2, -0.15) is 0 Å². The van der Waals surface area contributed by atoms with Crippen LogP contribution in [0.1, 0.15) is 44.7 Å². The summed E-state index contributed by atoms with van der Waals surface area (Å²) >= 11 is 0. The maximum absolute atomic E-state index is 13.4. The average molecular weight is 770 g/mol. The standard InChI is InChI=1S/C40H51NO14/c1-25(2)30-24-53-40(47)41(30)38(46)36(48-4)33(54-26(3)43)31(45)19-18-29(44)17-12-20-50-37-35(52-23-28-15-10-7-11-16-28)34(32(21-42)55-39(37)49-5)51-22-27-13-8-6-9-14-27/h6-11,13-16,18-19,25,30,32-37,39,42H,12,17,20-24H2,1-5H3. The maximum atomic E-state index is 13.4. The van der Waals surface area contributed by atoms with Gasteiger partial charge in [0.25, 0.3) is 5.91 Å². The van der Waals surface area contributed by atoms with E-state index >= 15 is 0 Å². The molecule has 15 heteroatoms. The van der Waals surface area contributed by atoms with Crippen molar-refractivity contribution < 1.29 is 67.0 Å². The van der Waals surface area contributed by atoms with E-state index in [1.54, 1.807) is 13.8 Å². The molecule has 2 saturated heterocycles. The van der Waals surface area contributed by atoms with Crippen LogP contribution in [0.15, 0.2) is 72.8 Å². The second kappa shape index (κ2) is 21.7. The van der Waals surface area contributed by atoms with Crippen molar-refractivity contribution in [3.8, 4) is 0 Å². The zero-order valence-corrected chi connectivity index (χ0v) is 31.8. The Labute approximate surface area is 320 Å². The first-order valence-corrected chi connectivity index (χ1v) is 18.1. The van der Waals surface area contributed by atoms with E-state index in [9.17, 15) is 29.1 Å². The number of benzene rings is 2. The van der Waals surface area contributed by atoms with Crippen LogP contribution in [0, 0.1) is 5.92 Å². The third kappa shape index (κ3) is 12.1. The number of methoxy groups -OCH3 is 2. The molecule has 2 aromatic carbocycles. The van der Waals surface area contributed by atoms with Gasteiger partial charge >= 0.3 is 12.1 Å². The Balaban J connectivity index is 1.41. The van der Waals surface area contributed by atoms with E-state index in [0.717, 1.165) is 42.2 Å². The normalized spacial score (nSPS) is 23.8. The molecule has 0 aromatic heterocycles. The van der Waals surface area contributed by atoms with Crippen LogP contribution in [0.3, 0.4) is 0 Å². The van der Waals surface area contributed by atoms with Crippen LogP contribution < -0.4 is 0 Å². The fourth-order valence-electron chi connectivity index (χ4n) is 6.25. The van der Waals surface area contributed by atoms with Crippen LogP contribution in [0.5, 0.6) is 0 Å². The molecule has 2 fully saturated rings. The minimum absolute atomic E-state index is 0.0317. The summed E-state index contributed by atoms with van der Waals surface area (Å²) in [7, 11) is 2.59. The first-order chi connectivity index (χ1) is 26.5. The highest BCUT2D eigenvalue weighted by molar-refractivity contribution is 6.05. The number of rotatable bonds is 21. The van der Waals surface area contributed by atoms with Crippen molar-refractivity contribution in [1.29, 1.82) is 0 Å². The summed E-state index contributed by atoms with van der Waals surface area (Å²) in [5.41, 5.74) is 1.82. The number of aliphatic hydroxyl groups excluding tert-OH is 1. The topological polar surface area (TPSA) is 183 Å². The molecule has 0 aliphatic carbocycles. The van der Waals surface area contributed by atoms with Crippen molar-refractivity contribution in [2.75, 3.05) is 34.0 Å². The van der Waals surface area contributed by atoms with Crippen LogP contribution in [0.2, 0.25) is 0 Å². The number of carbonyl (C=O) groups excluding carboxylic acids is 5. The van der Waals surface area contributed by atoms with Crippen LogP contribution in [0.4, 0.5) is 4.79 Å². The zero-order valence-electron chi connectivity index (χ0n) is 31.8. The lowest BCUT2D eigenvalue weighted by molar-refractivity contribution is -0.319. The number of nitrogens with zero attached hydrogens (tertiary/aromatic N) is 1. The molecule has 4 rings (SSSR count). The number of cyclic esters (lactones) is 1. The Bertz CT molecular complexity index is 1580. The molecule has 1 N–H and O–H groups in total. The number of aliphatic hydroxyl groups is 1. The fraction of sp³-hybridized carbons (Fsp3) is 0.525. The highest BCUT2D eigenvalue weighted by Crippen LogP contribution is 2.30. The van der Waals surface area contributed by atoms with E-state index in [4.69, 9.17) is 37.9 Å². The van der Waals surface area contributed by atoms with E-state index < -0.39 is 78.5 Å². The number of ether oxygens (including phenoxy) is 8. The highest BCUT2D eigenvalue weighted by Gasteiger charge is 2.49. The molecule has 2 aromatic rings. The SMILES string of the molecule is COC1OC(CO)C(OCc2ccccc2)C(OCc2ccccc2)C1OCCCC(=O)C=CC(=O)C(OC(C)=O)C(OC)C(=O)N1C(=O)OCC1C(C)C. The zero-order chi connectivity index (χ0) is 39.9. The summed E-state index contributed by atoms with van der Waals surface area (Å²) in [6, 6.07) is 18.5. The van der Waals surface area contributed by atoms with E-state index in [-0.39, 0.29) is 51.8 Å². The summed E-state index contributed by atoms with van der Waals surface area (Å²) in [5.74, 6) is -3.30. The Morgan fingerprint density at radius 1 is 0.873 bits per heavy atom. The molecule has 55 heavy (non-hydrogen) atoms. The number of carbonyl (C=O) groups is 5. The second-order valence-corrected chi connectivity index (χ2v) is 13.4. The van der Waals surface area contributed by atoms with Gasteiger partial charge in [0.1, 0.15) is 31.0 Å². The summed E-state index contributed by atoms with van der Waals surface area (Å²) in [6.45, 7) is 4.75. The van der Waals surface area contributed by atoms with Gasteiger partial charge < -0.3 is 43.0 Å². The van der Waals surface area contributed by atoms with Gasteiger partial charge in [0.05, 0.1) is 25.9 Å². The molecular weight excluding hydrogens is 718 g/mol.